The van der Waals surface area contributed by atoms with Crippen LogP contribution in [0, 0.1) is 22.7 Å². The van der Waals surface area contributed by atoms with Crippen molar-refractivity contribution in [1.29, 1.82) is 10.5 Å². The summed E-state index contributed by atoms with van der Waals surface area (Å²) in [7, 11) is 0. The van der Waals surface area contributed by atoms with Gasteiger partial charge in [0, 0.05) is 11.1 Å². The van der Waals surface area contributed by atoms with Gasteiger partial charge >= 0.3 is 0 Å². The van der Waals surface area contributed by atoms with Crippen LogP contribution in [0.3, 0.4) is 0 Å². The molecule has 0 aromatic heterocycles. The fourth-order valence-electron chi connectivity index (χ4n) is 3.59. The molecule has 6 heteroatoms. The first-order chi connectivity index (χ1) is 16.6. The molecule has 0 saturated heterocycles. The van der Waals surface area contributed by atoms with Crippen molar-refractivity contribution in [2.45, 2.75) is 0 Å². The zero-order valence-electron chi connectivity index (χ0n) is 17.9. The molecule has 0 atom stereocenters. The van der Waals surface area contributed by atoms with Crippen molar-refractivity contribution in [3.8, 4) is 23.3 Å². The Balaban J connectivity index is 1.71. The maximum Gasteiger partial charge on any atom is 0.256 e. The van der Waals surface area contributed by atoms with Gasteiger partial charge in [-0.25, -0.2) is 0 Å². The third-order valence-corrected chi connectivity index (χ3v) is 5.22. The van der Waals surface area contributed by atoms with E-state index < -0.39 is 11.8 Å². The van der Waals surface area contributed by atoms with E-state index in [1.54, 1.807) is 97.1 Å². The van der Waals surface area contributed by atoms with Crippen LogP contribution in [0.5, 0.6) is 0 Å². The number of nitrogens with zero attached hydrogens (tertiary/aromatic N) is 2. The van der Waals surface area contributed by atoms with Crippen molar-refractivity contribution in [2.75, 3.05) is 10.6 Å². The van der Waals surface area contributed by atoms with Gasteiger partial charge in [-0.3, -0.25) is 9.59 Å². The lowest BCUT2D eigenvalue weighted by atomic mass is 9.94. The number of benzene rings is 4. The summed E-state index contributed by atoms with van der Waals surface area (Å²) in [4.78, 5) is 26.3. The van der Waals surface area contributed by atoms with Gasteiger partial charge in [-0.2, -0.15) is 10.5 Å². The van der Waals surface area contributed by atoms with Crippen LogP contribution in [0.25, 0.3) is 11.1 Å². The molecule has 0 saturated carbocycles. The standard InChI is InChI=1S/C28H18N4O2/c29-17-19-9-1-7-15-25(19)31-27(33)23-13-5-3-11-21(23)22-12-4-6-14-24(22)28(34)32-26-16-8-2-10-20(26)18-30/h1-16H,(H,31,33)(H,32,34). The summed E-state index contributed by atoms with van der Waals surface area (Å²) < 4.78 is 0. The van der Waals surface area contributed by atoms with Crippen molar-refractivity contribution in [3.05, 3.63) is 119 Å². The van der Waals surface area contributed by atoms with E-state index in [0.717, 1.165) is 0 Å². The van der Waals surface area contributed by atoms with E-state index in [-0.39, 0.29) is 0 Å². The van der Waals surface area contributed by atoms with E-state index in [4.69, 9.17) is 0 Å². The molecular weight excluding hydrogens is 424 g/mol. The Hall–Kier alpha value is -5.20. The molecule has 6 nitrogen and oxygen atoms in total. The molecule has 0 heterocycles. The molecule has 0 aliphatic rings. The minimum Gasteiger partial charge on any atom is -0.321 e. The van der Waals surface area contributed by atoms with Gasteiger partial charge in [0.1, 0.15) is 12.1 Å². The molecule has 0 radical (unpaired) electrons. The molecule has 2 N–H and O–H groups in total. The number of hydrogen-bond donors (Lipinski definition) is 2. The monoisotopic (exact) mass is 442 g/mol. The second kappa shape index (κ2) is 9.95. The molecule has 0 aliphatic heterocycles. The van der Waals surface area contributed by atoms with Gasteiger partial charge in [-0.05, 0) is 47.5 Å². The number of carbonyl (C=O) groups excluding carboxylic acids is 2. The average molecular weight is 442 g/mol. The zero-order valence-corrected chi connectivity index (χ0v) is 17.9. The van der Waals surface area contributed by atoms with E-state index in [0.29, 0.717) is 44.8 Å². The Morgan fingerprint density at radius 2 is 0.882 bits per heavy atom. The van der Waals surface area contributed by atoms with Crippen LogP contribution in [-0.4, -0.2) is 11.8 Å². The quantitative estimate of drug-likeness (QED) is 0.419. The number of para-hydroxylation sites is 2. The number of rotatable bonds is 5. The van der Waals surface area contributed by atoms with Crippen molar-refractivity contribution in [1.82, 2.24) is 0 Å². The highest BCUT2D eigenvalue weighted by Crippen LogP contribution is 2.29. The first-order valence-electron chi connectivity index (χ1n) is 10.4. The van der Waals surface area contributed by atoms with Gasteiger partial charge in [-0.15, -0.1) is 0 Å². The topological polar surface area (TPSA) is 106 Å². The highest BCUT2D eigenvalue weighted by Gasteiger charge is 2.19. The van der Waals surface area contributed by atoms with Crippen LogP contribution in [-0.2, 0) is 0 Å². The first kappa shape index (κ1) is 22.0. The minimum atomic E-state index is -0.400. The van der Waals surface area contributed by atoms with Crippen molar-refractivity contribution >= 4 is 23.2 Å². The lowest BCUT2D eigenvalue weighted by molar-refractivity contribution is 0.101. The van der Waals surface area contributed by atoms with E-state index in [1.165, 1.54) is 0 Å². The molecule has 0 unspecified atom stereocenters. The SMILES string of the molecule is N#Cc1ccccc1NC(=O)c1ccccc1-c1ccccc1C(=O)Nc1ccccc1C#N. The Morgan fingerprint density at radius 1 is 0.529 bits per heavy atom. The molecule has 0 aliphatic carbocycles. The number of nitriles is 2. The van der Waals surface area contributed by atoms with E-state index >= 15 is 0 Å². The number of hydrogen-bond acceptors (Lipinski definition) is 4. The molecule has 4 aromatic rings. The largest absolute Gasteiger partial charge is 0.321 e. The van der Waals surface area contributed by atoms with E-state index in [9.17, 15) is 20.1 Å². The summed E-state index contributed by atoms with van der Waals surface area (Å²) in [6, 6.07) is 31.5. The third-order valence-electron chi connectivity index (χ3n) is 5.22. The van der Waals surface area contributed by atoms with Gasteiger partial charge in [0.15, 0.2) is 0 Å². The highest BCUT2D eigenvalue weighted by atomic mass is 16.2. The summed E-state index contributed by atoms with van der Waals surface area (Å²) >= 11 is 0. The molecule has 2 amide bonds. The average Bonchev–Trinajstić information content (AvgIpc) is 2.89. The number of amides is 2. The van der Waals surface area contributed by atoms with Crippen LogP contribution >= 0.6 is 0 Å². The van der Waals surface area contributed by atoms with Gasteiger partial charge in [0.2, 0.25) is 0 Å². The van der Waals surface area contributed by atoms with Crippen LogP contribution in [0.15, 0.2) is 97.1 Å². The first-order valence-corrected chi connectivity index (χ1v) is 10.4. The molecule has 4 rings (SSSR count). The Morgan fingerprint density at radius 3 is 1.29 bits per heavy atom. The highest BCUT2D eigenvalue weighted by molar-refractivity contribution is 6.13. The third kappa shape index (κ3) is 4.52. The second-order valence-electron chi connectivity index (χ2n) is 7.31. The van der Waals surface area contributed by atoms with Crippen molar-refractivity contribution < 1.29 is 9.59 Å². The molecule has 0 spiro atoms. The zero-order chi connectivity index (χ0) is 23.9. The second-order valence-corrected chi connectivity index (χ2v) is 7.31. The van der Waals surface area contributed by atoms with E-state index in [1.807, 2.05) is 0 Å². The molecule has 162 valence electrons. The summed E-state index contributed by atoms with van der Waals surface area (Å²) in [5, 5.41) is 24.2. The van der Waals surface area contributed by atoms with E-state index in [2.05, 4.69) is 22.8 Å². The molecule has 0 bridgehead atoms. The predicted octanol–water partition coefficient (Wildman–Crippen LogP) is 5.60. The van der Waals surface area contributed by atoms with Crippen molar-refractivity contribution in [3.63, 3.8) is 0 Å². The smallest absolute Gasteiger partial charge is 0.256 e. The maximum absolute atomic E-state index is 13.2. The minimum absolute atomic E-state index is 0.351. The number of carbonyl (C=O) groups is 2. The maximum atomic E-state index is 13.2. The van der Waals surface area contributed by atoms with Crippen LogP contribution in [0.1, 0.15) is 31.8 Å². The molecule has 0 fully saturated rings. The van der Waals surface area contributed by atoms with Gasteiger partial charge in [-0.1, -0.05) is 60.7 Å². The van der Waals surface area contributed by atoms with Crippen LogP contribution < -0.4 is 10.6 Å². The predicted molar refractivity (Wildman–Crippen MR) is 130 cm³/mol. The fourth-order valence-corrected chi connectivity index (χ4v) is 3.59. The molecule has 34 heavy (non-hydrogen) atoms. The summed E-state index contributed by atoms with van der Waals surface area (Å²) in [5.74, 6) is -0.799. The van der Waals surface area contributed by atoms with Gasteiger partial charge < -0.3 is 10.6 Å². The fraction of sp³-hybridized carbons (Fsp3) is 0. The Kier molecular flexibility index (Phi) is 6.44. The van der Waals surface area contributed by atoms with Crippen LogP contribution in [0.2, 0.25) is 0 Å². The van der Waals surface area contributed by atoms with Crippen molar-refractivity contribution in [2.24, 2.45) is 0 Å². The summed E-state index contributed by atoms with van der Waals surface area (Å²) in [6.07, 6.45) is 0. The van der Waals surface area contributed by atoms with Crippen LogP contribution in [0.4, 0.5) is 11.4 Å². The number of nitrogens with one attached hydrogen (secondary N) is 2. The summed E-state index contributed by atoms with van der Waals surface area (Å²) in [5.41, 5.74) is 3.35. The van der Waals surface area contributed by atoms with Gasteiger partial charge in [0.05, 0.1) is 22.5 Å². The summed E-state index contributed by atoms with van der Waals surface area (Å²) in [6.45, 7) is 0. The normalized spacial score (nSPS) is 9.94. The van der Waals surface area contributed by atoms with Gasteiger partial charge in [0.25, 0.3) is 11.8 Å². The molecule has 4 aromatic carbocycles. The number of anilines is 2. The lowest BCUT2D eigenvalue weighted by Crippen LogP contribution is -2.16. The Labute approximate surface area is 196 Å². The Bertz CT molecular complexity index is 1370. The molecular formula is C28H18N4O2. The lowest BCUT2D eigenvalue weighted by Gasteiger charge is -2.15.